The summed E-state index contributed by atoms with van der Waals surface area (Å²) >= 11 is 0. The van der Waals surface area contributed by atoms with Crippen LogP contribution in [0.4, 0.5) is 5.69 Å². The van der Waals surface area contributed by atoms with E-state index in [1.165, 1.54) is 25.3 Å². The molecule has 0 bridgehead atoms. The average Bonchev–Trinajstić information content (AvgIpc) is 3.01. The van der Waals surface area contributed by atoms with Crippen LogP contribution in [0, 0.1) is 10.1 Å². The zero-order valence-electron chi connectivity index (χ0n) is 25.0. The minimum absolute atomic E-state index is 0.0627. The second kappa shape index (κ2) is 16.8. The Kier molecular flexibility index (Phi) is 12.9. The van der Waals surface area contributed by atoms with Gasteiger partial charge in [-0.3, -0.25) is 14.9 Å². The van der Waals surface area contributed by atoms with Crippen molar-refractivity contribution < 1.29 is 38.6 Å². The summed E-state index contributed by atoms with van der Waals surface area (Å²) in [5.41, 5.74) is 1.29. The van der Waals surface area contributed by atoms with Gasteiger partial charge in [0.15, 0.2) is 0 Å². The van der Waals surface area contributed by atoms with E-state index >= 15 is 0 Å². The van der Waals surface area contributed by atoms with Crippen molar-refractivity contribution in [3.8, 4) is 5.75 Å². The maximum Gasteiger partial charge on any atom is 0.336 e. The molecule has 0 radical (unpaired) electrons. The number of nitro benzene ring substituents is 1. The summed E-state index contributed by atoms with van der Waals surface area (Å²) in [7, 11) is 1.21. The Morgan fingerprint density at radius 3 is 2.41 bits per heavy atom. The summed E-state index contributed by atoms with van der Waals surface area (Å²) in [4.78, 5) is 49.1. The van der Waals surface area contributed by atoms with Crippen molar-refractivity contribution in [2.45, 2.75) is 38.7 Å². The van der Waals surface area contributed by atoms with Crippen LogP contribution >= 0.6 is 0 Å². The van der Waals surface area contributed by atoms with Crippen molar-refractivity contribution in [2.24, 2.45) is 0 Å². The lowest BCUT2D eigenvalue weighted by atomic mass is 9.80. The van der Waals surface area contributed by atoms with Gasteiger partial charge in [-0.25, -0.2) is 9.59 Å². The zero-order valence-corrected chi connectivity index (χ0v) is 25.0. The van der Waals surface area contributed by atoms with Crippen molar-refractivity contribution >= 4 is 23.5 Å². The molecule has 0 spiro atoms. The third kappa shape index (κ3) is 9.64. The van der Waals surface area contributed by atoms with E-state index in [4.69, 9.17) is 14.2 Å². The molecule has 4 N–H and O–H groups in total. The largest absolute Gasteiger partial charge is 0.491 e. The van der Waals surface area contributed by atoms with Gasteiger partial charge in [-0.15, -0.1) is 0 Å². The van der Waals surface area contributed by atoms with E-state index in [2.05, 4.69) is 16.0 Å². The monoisotopic (exact) mass is 610 g/mol. The Labute approximate surface area is 255 Å². The zero-order chi connectivity index (χ0) is 32.1. The number of non-ortho nitro benzene ring substituents is 1. The molecule has 0 aromatic heterocycles. The fourth-order valence-corrected chi connectivity index (χ4v) is 4.69. The summed E-state index contributed by atoms with van der Waals surface area (Å²) in [6, 6.07) is 14.9. The predicted molar refractivity (Wildman–Crippen MR) is 160 cm³/mol. The van der Waals surface area contributed by atoms with Crippen LogP contribution in [0.1, 0.15) is 38.2 Å². The van der Waals surface area contributed by atoms with Crippen molar-refractivity contribution in [3.63, 3.8) is 0 Å². The number of aliphatic hydroxyl groups is 1. The van der Waals surface area contributed by atoms with E-state index < -0.39 is 28.9 Å². The van der Waals surface area contributed by atoms with Gasteiger partial charge in [0.05, 0.1) is 35.7 Å². The first-order chi connectivity index (χ1) is 21.1. The number of esters is 2. The molecule has 2 atom stereocenters. The van der Waals surface area contributed by atoms with Gasteiger partial charge in [-0.05, 0) is 38.0 Å². The molecule has 3 rings (SSSR count). The highest BCUT2D eigenvalue weighted by Crippen LogP contribution is 2.40. The second-order valence-electron chi connectivity index (χ2n) is 10.1. The number of amides is 1. The van der Waals surface area contributed by atoms with Gasteiger partial charge in [0.1, 0.15) is 18.5 Å². The Bertz CT molecular complexity index is 1390. The Balaban J connectivity index is 1.47. The lowest BCUT2D eigenvalue weighted by Gasteiger charge is -2.30. The van der Waals surface area contributed by atoms with E-state index in [1.54, 1.807) is 32.0 Å². The van der Waals surface area contributed by atoms with Gasteiger partial charge in [-0.2, -0.15) is 0 Å². The molecule has 13 nitrogen and oxygen atoms in total. The Morgan fingerprint density at radius 2 is 1.73 bits per heavy atom. The number of aliphatic hydroxyl groups excluding tert-OH is 1. The van der Waals surface area contributed by atoms with Crippen molar-refractivity contribution in [1.29, 1.82) is 0 Å². The smallest absolute Gasteiger partial charge is 0.336 e. The highest BCUT2D eigenvalue weighted by atomic mass is 16.6. The number of ether oxygens (including phenoxy) is 3. The first kappa shape index (κ1) is 33.7. The summed E-state index contributed by atoms with van der Waals surface area (Å²) in [6.45, 7) is 4.46. The number of hydrogen-bond acceptors (Lipinski definition) is 11. The van der Waals surface area contributed by atoms with E-state index in [0.29, 0.717) is 42.3 Å². The van der Waals surface area contributed by atoms with E-state index in [1.807, 2.05) is 18.2 Å². The highest BCUT2D eigenvalue weighted by molar-refractivity contribution is 5.99. The number of carbonyl (C=O) groups is 3. The molecule has 0 aliphatic carbocycles. The van der Waals surface area contributed by atoms with E-state index in [-0.39, 0.29) is 48.8 Å². The molecule has 0 saturated carbocycles. The maximum atomic E-state index is 13.3. The lowest BCUT2D eigenvalue weighted by Crippen LogP contribution is -2.37. The number of nitro groups is 1. The van der Waals surface area contributed by atoms with Gasteiger partial charge < -0.3 is 35.3 Å². The molecule has 1 amide bonds. The van der Waals surface area contributed by atoms with Crippen molar-refractivity contribution in [3.05, 3.63) is 92.8 Å². The number of hydrogen-bond donors (Lipinski definition) is 4. The van der Waals surface area contributed by atoms with Crippen LogP contribution in [0.15, 0.2) is 77.1 Å². The minimum atomic E-state index is -0.963. The quantitative estimate of drug-likeness (QED) is 0.0950. The number of rotatable bonds is 16. The molecule has 236 valence electrons. The Hall–Kier alpha value is -4.75. The summed E-state index contributed by atoms with van der Waals surface area (Å²) in [6.07, 6.45) is -0.350. The first-order valence-electron chi connectivity index (χ1n) is 14.1. The fourth-order valence-electron chi connectivity index (χ4n) is 4.69. The normalized spacial score (nSPS) is 15.2. The number of methoxy groups -OCH3 is 1. The molecule has 0 fully saturated rings. The van der Waals surface area contributed by atoms with Crippen LogP contribution in [0.5, 0.6) is 5.75 Å². The molecule has 0 saturated heterocycles. The molecule has 13 heteroatoms. The number of dihydropyridines is 1. The maximum absolute atomic E-state index is 13.3. The third-order valence-electron chi connectivity index (χ3n) is 6.77. The molecule has 2 aromatic carbocycles. The van der Waals surface area contributed by atoms with Crippen LogP contribution in [-0.2, 0) is 23.9 Å². The number of benzene rings is 2. The lowest BCUT2D eigenvalue weighted by molar-refractivity contribution is -0.384. The number of nitrogens with zero attached hydrogens (tertiary/aromatic N) is 1. The van der Waals surface area contributed by atoms with Gasteiger partial charge in [0, 0.05) is 49.6 Å². The molecular formula is C31H38N4O9. The van der Waals surface area contributed by atoms with Crippen LogP contribution in [-0.4, -0.2) is 73.9 Å². The molecule has 1 heterocycles. The molecule has 1 aliphatic rings. The first-order valence-corrected chi connectivity index (χ1v) is 14.1. The minimum Gasteiger partial charge on any atom is -0.491 e. The van der Waals surface area contributed by atoms with Crippen LogP contribution < -0.4 is 20.7 Å². The van der Waals surface area contributed by atoms with Gasteiger partial charge >= 0.3 is 11.9 Å². The van der Waals surface area contributed by atoms with Crippen molar-refractivity contribution in [1.82, 2.24) is 16.0 Å². The molecule has 44 heavy (non-hydrogen) atoms. The Morgan fingerprint density at radius 1 is 1.02 bits per heavy atom. The summed E-state index contributed by atoms with van der Waals surface area (Å²) in [5.74, 6) is -1.93. The predicted octanol–water partition coefficient (Wildman–Crippen LogP) is 2.47. The summed E-state index contributed by atoms with van der Waals surface area (Å²) in [5, 5.41) is 30.2. The number of carbonyl (C=O) groups excluding carboxylic acids is 3. The SMILES string of the molecule is COC(=O)C1=C(C)NC(C)=C(C(=O)OCCCC(=O)NCCNCC(O)COc2ccccc2)C1c1cccc([N+](=O)[O-])c1. The van der Waals surface area contributed by atoms with Crippen LogP contribution in [0.25, 0.3) is 0 Å². The van der Waals surface area contributed by atoms with Crippen LogP contribution in [0.3, 0.4) is 0 Å². The average molecular weight is 611 g/mol. The third-order valence-corrected chi connectivity index (χ3v) is 6.77. The number of allylic oxidation sites excluding steroid dienone is 2. The molecule has 1 aliphatic heterocycles. The van der Waals surface area contributed by atoms with Gasteiger partial charge in [0.25, 0.3) is 5.69 Å². The van der Waals surface area contributed by atoms with Crippen LogP contribution in [0.2, 0.25) is 0 Å². The van der Waals surface area contributed by atoms with E-state index in [9.17, 15) is 29.6 Å². The topological polar surface area (TPSA) is 178 Å². The number of para-hydroxylation sites is 1. The van der Waals surface area contributed by atoms with Crippen molar-refractivity contribution in [2.75, 3.05) is 40.0 Å². The standard InChI is InChI=1S/C31H38N4O9/c1-20-27(30(38)42-3)29(22-9-7-10-23(17-22)35(40)41)28(21(2)34-20)31(39)43-16-8-13-26(37)33-15-14-32-18-24(36)19-44-25-11-5-4-6-12-25/h4-7,9-12,17,24,29,32,34,36H,8,13-16,18-19H2,1-3H3,(H,33,37). The second-order valence-corrected chi connectivity index (χ2v) is 10.1. The summed E-state index contributed by atoms with van der Waals surface area (Å²) < 4.78 is 15.9. The van der Waals surface area contributed by atoms with E-state index in [0.717, 1.165) is 0 Å². The fraction of sp³-hybridized carbons (Fsp3) is 0.387. The molecule has 2 aromatic rings. The number of nitrogens with one attached hydrogen (secondary N) is 3. The van der Waals surface area contributed by atoms with Gasteiger partial charge in [-0.1, -0.05) is 30.3 Å². The molecular weight excluding hydrogens is 572 g/mol. The highest BCUT2D eigenvalue weighted by Gasteiger charge is 2.38. The molecule has 2 unspecified atom stereocenters. The van der Waals surface area contributed by atoms with Gasteiger partial charge in [0.2, 0.25) is 5.91 Å².